The normalized spacial score (nSPS) is 27.1. The summed E-state index contributed by atoms with van der Waals surface area (Å²) in [5.41, 5.74) is 4.82. The predicted molar refractivity (Wildman–Crippen MR) is 108 cm³/mol. The average molecular weight is 380 g/mol. The Bertz CT molecular complexity index is 893. The molecule has 0 aliphatic carbocycles. The number of fused-ring (bicyclic) bond motifs is 4. The van der Waals surface area contributed by atoms with Crippen LogP contribution in [0.25, 0.3) is 6.20 Å². The lowest BCUT2D eigenvalue weighted by atomic mass is 9.98. The fraction of sp³-hybridized carbons (Fsp3) is 0.571. The van der Waals surface area contributed by atoms with E-state index in [1.165, 1.54) is 23.2 Å². The maximum atomic E-state index is 9.97. The molecule has 2 saturated heterocycles. The van der Waals surface area contributed by atoms with Gasteiger partial charge in [0.25, 0.3) is 0 Å². The SMILES string of the molecule is C=Cn1cc(CN2[C@H]3CC[C@H]2c2cnc(N4CCC[C@H](O)C4)nc2C3)c(C)n1. The fourth-order valence-corrected chi connectivity index (χ4v) is 5.06. The first-order valence-electron chi connectivity index (χ1n) is 10.3. The molecule has 0 spiro atoms. The quantitative estimate of drug-likeness (QED) is 0.878. The second-order valence-corrected chi connectivity index (χ2v) is 8.34. The Balaban J connectivity index is 1.39. The summed E-state index contributed by atoms with van der Waals surface area (Å²) in [6, 6.07) is 0.917. The van der Waals surface area contributed by atoms with E-state index < -0.39 is 0 Å². The molecule has 0 aromatic carbocycles. The molecule has 2 aromatic rings. The van der Waals surface area contributed by atoms with Crippen molar-refractivity contribution in [2.45, 2.75) is 63.8 Å². The van der Waals surface area contributed by atoms with Crippen LogP contribution >= 0.6 is 0 Å². The van der Waals surface area contributed by atoms with Crippen molar-refractivity contribution < 1.29 is 5.11 Å². The number of piperidine rings is 1. The van der Waals surface area contributed by atoms with Gasteiger partial charge in [-0.05, 0) is 32.6 Å². The van der Waals surface area contributed by atoms with Crippen molar-refractivity contribution in [3.63, 3.8) is 0 Å². The van der Waals surface area contributed by atoms with E-state index in [1.54, 1.807) is 10.9 Å². The van der Waals surface area contributed by atoms with Crippen LogP contribution in [0.3, 0.4) is 0 Å². The monoisotopic (exact) mass is 380 g/mol. The minimum absolute atomic E-state index is 0.264. The highest BCUT2D eigenvalue weighted by Gasteiger charge is 2.41. The second-order valence-electron chi connectivity index (χ2n) is 8.34. The lowest BCUT2D eigenvalue weighted by Gasteiger charge is -2.36. The van der Waals surface area contributed by atoms with E-state index >= 15 is 0 Å². The summed E-state index contributed by atoms with van der Waals surface area (Å²) < 4.78 is 1.80. The van der Waals surface area contributed by atoms with Crippen LogP contribution in [0.2, 0.25) is 0 Å². The summed E-state index contributed by atoms with van der Waals surface area (Å²) in [5, 5.41) is 14.5. The Morgan fingerprint density at radius 2 is 2.21 bits per heavy atom. The molecule has 7 nitrogen and oxygen atoms in total. The third kappa shape index (κ3) is 3.02. The maximum Gasteiger partial charge on any atom is 0.225 e. The Morgan fingerprint density at radius 1 is 1.32 bits per heavy atom. The van der Waals surface area contributed by atoms with E-state index in [9.17, 15) is 5.11 Å². The van der Waals surface area contributed by atoms with Gasteiger partial charge in [0.15, 0.2) is 0 Å². The average Bonchev–Trinajstić information content (AvgIpc) is 3.19. The molecule has 7 heteroatoms. The summed E-state index contributed by atoms with van der Waals surface area (Å²) >= 11 is 0. The molecule has 1 N–H and O–H groups in total. The van der Waals surface area contributed by atoms with Crippen LogP contribution in [0.1, 0.15) is 54.2 Å². The van der Waals surface area contributed by atoms with Crippen molar-refractivity contribution in [2.75, 3.05) is 18.0 Å². The second kappa shape index (κ2) is 6.97. The Hall–Kier alpha value is -2.25. The number of aliphatic hydroxyl groups is 1. The van der Waals surface area contributed by atoms with Gasteiger partial charge in [0.2, 0.25) is 5.95 Å². The van der Waals surface area contributed by atoms with Crippen LogP contribution in [0, 0.1) is 6.92 Å². The largest absolute Gasteiger partial charge is 0.391 e. The molecular weight excluding hydrogens is 352 g/mol. The minimum Gasteiger partial charge on any atom is -0.391 e. The van der Waals surface area contributed by atoms with Gasteiger partial charge in [-0.15, -0.1) is 0 Å². The van der Waals surface area contributed by atoms with Crippen LogP contribution in [0.4, 0.5) is 5.95 Å². The summed E-state index contributed by atoms with van der Waals surface area (Å²) in [6.07, 6.45) is 10.8. The van der Waals surface area contributed by atoms with Crippen LogP contribution in [0.5, 0.6) is 0 Å². The third-order valence-corrected chi connectivity index (χ3v) is 6.56. The van der Waals surface area contributed by atoms with Crippen molar-refractivity contribution in [1.82, 2.24) is 24.6 Å². The predicted octanol–water partition coefficient (Wildman–Crippen LogP) is 2.30. The molecule has 5 heterocycles. The molecule has 3 atom stereocenters. The van der Waals surface area contributed by atoms with E-state index in [0.29, 0.717) is 18.6 Å². The smallest absolute Gasteiger partial charge is 0.225 e. The van der Waals surface area contributed by atoms with Crippen molar-refractivity contribution in [3.8, 4) is 0 Å². The van der Waals surface area contributed by atoms with E-state index in [-0.39, 0.29) is 6.10 Å². The molecule has 0 amide bonds. The van der Waals surface area contributed by atoms with Crippen molar-refractivity contribution in [3.05, 3.63) is 41.5 Å². The standard InChI is InChI=1S/C21H28N6O/c1-3-26-11-15(14(2)24-26)12-27-16-6-7-20(27)18-10-22-21(23-19(18)9-16)25-8-4-5-17(28)13-25/h3,10-11,16-17,20,28H,1,4-9,12-13H2,2H3/t16-,17-,20-/m0/s1. The molecule has 3 aliphatic heterocycles. The number of rotatable bonds is 4. The van der Waals surface area contributed by atoms with Crippen molar-refractivity contribution in [1.29, 1.82) is 0 Å². The Morgan fingerprint density at radius 3 is 3.00 bits per heavy atom. The molecule has 3 aliphatic rings. The molecule has 5 rings (SSSR count). The highest BCUT2D eigenvalue weighted by atomic mass is 16.3. The summed E-state index contributed by atoms with van der Waals surface area (Å²) in [7, 11) is 0. The summed E-state index contributed by atoms with van der Waals surface area (Å²) in [6.45, 7) is 8.36. The molecule has 2 bridgehead atoms. The molecule has 148 valence electrons. The number of anilines is 1. The van der Waals surface area contributed by atoms with Crippen LogP contribution < -0.4 is 4.90 Å². The number of aryl methyl sites for hydroxylation is 1. The Kier molecular flexibility index (Phi) is 4.44. The summed E-state index contributed by atoms with van der Waals surface area (Å²) in [4.78, 5) is 14.4. The lowest BCUT2D eigenvalue weighted by molar-refractivity contribution is 0.153. The molecule has 0 unspecified atom stereocenters. The number of β-amino-alcohol motifs (C(OH)–C–C–N with tert-alkyl or cyclic N) is 1. The van der Waals surface area contributed by atoms with Gasteiger partial charge in [-0.1, -0.05) is 6.58 Å². The first kappa shape index (κ1) is 17.8. The van der Waals surface area contributed by atoms with E-state index in [1.807, 2.05) is 6.20 Å². The zero-order valence-electron chi connectivity index (χ0n) is 16.5. The zero-order chi connectivity index (χ0) is 19.3. The fourth-order valence-electron chi connectivity index (χ4n) is 5.06. The minimum atomic E-state index is -0.264. The number of aromatic nitrogens is 4. The van der Waals surface area contributed by atoms with Gasteiger partial charge in [0.05, 0.1) is 17.5 Å². The van der Waals surface area contributed by atoms with Gasteiger partial charge in [0, 0.05) is 67.9 Å². The van der Waals surface area contributed by atoms with Gasteiger partial charge in [-0.3, -0.25) is 4.90 Å². The molecule has 2 aromatic heterocycles. The van der Waals surface area contributed by atoms with Crippen LogP contribution in [-0.2, 0) is 13.0 Å². The molecular formula is C21H28N6O. The zero-order valence-corrected chi connectivity index (χ0v) is 16.5. The van der Waals surface area contributed by atoms with E-state index in [0.717, 1.165) is 50.4 Å². The topological polar surface area (TPSA) is 70.3 Å². The number of nitrogens with zero attached hydrogens (tertiary/aromatic N) is 6. The van der Waals surface area contributed by atoms with Crippen molar-refractivity contribution >= 4 is 12.1 Å². The third-order valence-electron chi connectivity index (χ3n) is 6.56. The van der Waals surface area contributed by atoms with Gasteiger partial charge >= 0.3 is 0 Å². The maximum absolute atomic E-state index is 9.97. The van der Waals surface area contributed by atoms with Crippen molar-refractivity contribution in [2.24, 2.45) is 0 Å². The van der Waals surface area contributed by atoms with Crippen LogP contribution in [-0.4, -0.2) is 55.0 Å². The molecule has 0 saturated carbocycles. The number of hydrogen-bond donors (Lipinski definition) is 1. The first-order chi connectivity index (χ1) is 13.6. The number of hydrogen-bond acceptors (Lipinski definition) is 6. The number of aliphatic hydroxyl groups excluding tert-OH is 1. The highest BCUT2D eigenvalue weighted by molar-refractivity contribution is 5.38. The van der Waals surface area contributed by atoms with E-state index in [4.69, 9.17) is 9.97 Å². The lowest BCUT2D eigenvalue weighted by Crippen LogP contribution is -2.41. The van der Waals surface area contributed by atoms with Gasteiger partial charge < -0.3 is 10.0 Å². The highest BCUT2D eigenvalue weighted by Crippen LogP contribution is 2.44. The Labute approximate surface area is 165 Å². The van der Waals surface area contributed by atoms with E-state index in [2.05, 4.69) is 34.6 Å². The van der Waals surface area contributed by atoms with Gasteiger partial charge in [-0.2, -0.15) is 5.10 Å². The van der Waals surface area contributed by atoms with Crippen LogP contribution in [0.15, 0.2) is 19.0 Å². The molecule has 2 fully saturated rings. The molecule has 28 heavy (non-hydrogen) atoms. The van der Waals surface area contributed by atoms with Gasteiger partial charge in [-0.25, -0.2) is 14.6 Å². The first-order valence-corrected chi connectivity index (χ1v) is 10.3. The van der Waals surface area contributed by atoms with Gasteiger partial charge in [0.1, 0.15) is 0 Å². The molecule has 0 radical (unpaired) electrons. The summed E-state index contributed by atoms with van der Waals surface area (Å²) in [5.74, 6) is 0.786.